The quantitative estimate of drug-likeness (QED) is 0.482. The van der Waals surface area contributed by atoms with Crippen LogP contribution in [0.4, 0.5) is 0 Å². The van der Waals surface area contributed by atoms with Gasteiger partial charge >= 0.3 is 5.97 Å². The molecule has 0 aliphatic heterocycles. The molecule has 33 heavy (non-hydrogen) atoms. The Morgan fingerprint density at radius 1 is 0.758 bits per heavy atom. The molecule has 0 aliphatic rings. The van der Waals surface area contributed by atoms with E-state index in [0.717, 1.165) is 5.56 Å². The summed E-state index contributed by atoms with van der Waals surface area (Å²) < 4.78 is 10.4. The number of benzene rings is 3. The summed E-state index contributed by atoms with van der Waals surface area (Å²) in [4.78, 5) is 39.5. The molecular formula is C27H27NO5. The average Bonchev–Trinajstić information content (AvgIpc) is 2.85. The van der Waals surface area contributed by atoms with Gasteiger partial charge in [0, 0.05) is 13.5 Å². The highest BCUT2D eigenvalue weighted by molar-refractivity contribution is 5.96. The van der Waals surface area contributed by atoms with Crippen LogP contribution in [-0.4, -0.2) is 37.9 Å². The van der Waals surface area contributed by atoms with Crippen molar-refractivity contribution in [3.63, 3.8) is 0 Å². The number of nitrogens with one attached hydrogen (secondary N) is 1. The molecule has 3 atom stereocenters. The zero-order chi connectivity index (χ0) is 23.6. The van der Waals surface area contributed by atoms with Gasteiger partial charge in [-0.25, -0.2) is 4.79 Å². The fourth-order valence-electron chi connectivity index (χ4n) is 3.79. The minimum atomic E-state index is -1.22. The first-order valence-corrected chi connectivity index (χ1v) is 10.6. The Morgan fingerprint density at radius 3 is 1.79 bits per heavy atom. The van der Waals surface area contributed by atoms with Gasteiger partial charge in [0.15, 0.2) is 6.10 Å². The Labute approximate surface area is 193 Å². The van der Waals surface area contributed by atoms with Gasteiger partial charge in [-0.2, -0.15) is 0 Å². The molecule has 3 aromatic rings. The molecule has 0 bridgehead atoms. The summed E-state index contributed by atoms with van der Waals surface area (Å²) in [5.74, 6) is -2.39. The number of hydrogen-bond acceptors (Lipinski definition) is 5. The first kappa shape index (κ1) is 23.9. The second-order valence-electron chi connectivity index (χ2n) is 7.55. The first-order valence-electron chi connectivity index (χ1n) is 10.6. The van der Waals surface area contributed by atoms with Crippen molar-refractivity contribution in [1.82, 2.24) is 5.32 Å². The summed E-state index contributed by atoms with van der Waals surface area (Å²) in [6.45, 7) is 0. The Bertz CT molecular complexity index is 1050. The van der Waals surface area contributed by atoms with E-state index in [1.165, 1.54) is 14.2 Å². The number of ether oxygens (including phenoxy) is 2. The zero-order valence-electron chi connectivity index (χ0n) is 18.6. The van der Waals surface area contributed by atoms with E-state index in [2.05, 4.69) is 5.32 Å². The van der Waals surface area contributed by atoms with E-state index >= 15 is 0 Å². The number of methoxy groups -OCH3 is 2. The van der Waals surface area contributed by atoms with Gasteiger partial charge in [0.05, 0.1) is 13.0 Å². The van der Waals surface area contributed by atoms with E-state index in [9.17, 15) is 14.4 Å². The molecule has 3 rings (SSSR count). The van der Waals surface area contributed by atoms with Crippen molar-refractivity contribution in [1.29, 1.82) is 0 Å². The molecule has 0 heterocycles. The van der Waals surface area contributed by atoms with Gasteiger partial charge in [0.1, 0.15) is 11.8 Å². The van der Waals surface area contributed by atoms with Gasteiger partial charge in [-0.1, -0.05) is 91.0 Å². The fraction of sp³-hybridized carbons (Fsp3) is 0.222. The minimum absolute atomic E-state index is 0.107. The summed E-state index contributed by atoms with van der Waals surface area (Å²) in [6, 6.07) is 25.9. The molecule has 6 nitrogen and oxygen atoms in total. The molecule has 0 radical (unpaired) electrons. The van der Waals surface area contributed by atoms with Crippen LogP contribution in [0.5, 0.6) is 0 Å². The van der Waals surface area contributed by atoms with E-state index in [4.69, 9.17) is 9.47 Å². The number of Topliss-reactive ketones (excluding diaryl/α,β-unsaturated/α-hetero) is 1. The van der Waals surface area contributed by atoms with Gasteiger partial charge in [0.2, 0.25) is 0 Å². The van der Waals surface area contributed by atoms with Crippen molar-refractivity contribution in [2.75, 3.05) is 14.2 Å². The highest BCUT2D eigenvalue weighted by Gasteiger charge is 2.38. The van der Waals surface area contributed by atoms with Crippen LogP contribution in [0.3, 0.4) is 0 Å². The Balaban J connectivity index is 1.95. The maximum Gasteiger partial charge on any atom is 0.329 e. The molecule has 0 saturated heterocycles. The first-order chi connectivity index (χ1) is 16.0. The monoisotopic (exact) mass is 445 g/mol. The van der Waals surface area contributed by atoms with Gasteiger partial charge < -0.3 is 14.8 Å². The van der Waals surface area contributed by atoms with E-state index in [-0.39, 0.29) is 12.2 Å². The standard InChI is InChI=1S/C27H27NO5/c1-32-25(21-16-10-5-11-17-21)26(30)28-24(27(31)33-2)23(20-14-8-4-9-15-20)22(29)18-19-12-6-3-7-13-19/h3-17,23-25H,18H2,1-2H3,(H,28,30)/t23-,24+,25-/m1/s1. The molecule has 0 aliphatic carbocycles. The number of hydrogen-bond donors (Lipinski definition) is 1. The van der Waals surface area contributed by atoms with Crippen molar-refractivity contribution in [2.24, 2.45) is 0 Å². The topological polar surface area (TPSA) is 81.7 Å². The van der Waals surface area contributed by atoms with E-state index in [0.29, 0.717) is 11.1 Å². The molecule has 3 aromatic carbocycles. The molecular weight excluding hydrogens is 418 g/mol. The lowest BCUT2D eigenvalue weighted by molar-refractivity contribution is -0.148. The molecule has 1 N–H and O–H groups in total. The molecule has 6 heteroatoms. The van der Waals surface area contributed by atoms with Crippen LogP contribution in [0.25, 0.3) is 0 Å². The number of amides is 1. The number of carbonyl (C=O) groups excluding carboxylic acids is 3. The molecule has 0 unspecified atom stereocenters. The summed E-state index contributed by atoms with van der Waals surface area (Å²) in [5, 5.41) is 2.72. The van der Waals surface area contributed by atoms with E-state index in [1.807, 2.05) is 42.5 Å². The van der Waals surface area contributed by atoms with Crippen molar-refractivity contribution < 1.29 is 23.9 Å². The molecule has 0 aromatic heterocycles. The predicted molar refractivity (Wildman–Crippen MR) is 124 cm³/mol. The Morgan fingerprint density at radius 2 is 1.27 bits per heavy atom. The molecule has 170 valence electrons. The molecule has 1 amide bonds. The smallest absolute Gasteiger partial charge is 0.329 e. The minimum Gasteiger partial charge on any atom is -0.467 e. The molecule has 0 saturated carbocycles. The SMILES string of the molecule is COC(=O)[C@@H](NC(=O)[C@H](OC)c1ccccc1)[C@@H](C(=O)Cc1ccccc1)c1ccccc1. The van der Waals surface area contributed by atoms with Crippen LogP contribution in [0.15, 0.2) is 91.0 Å². The maximum atomic E-state index is 13.5. The Hall–Kier alpha value is -3.77. The largest absolute Gasteiger partial charge is 0.467 e. The second-order valence-corrected chi connectivity index (χ2v) is 7.55. The highest BCUT2D eigenvalue weighted by Crippen LogP contribution is 2.25. The van der Waals surface area contributed by atoms with Crippen molar-refractivity contribution in [3.05, 3.63) is 108 Å². The average molecular weight is 446 g/mol. The lowest BCUT2D eigenvalue weighted by atomic mass is 9.84. The zero-order valence-corrected chi connectivity index (χ0v) is 18.6. The lowest BCUT2D eigenvalue weighted by Gasteiger charge is -2.27. The maximum absolute atomic E-state index is 13.5. The van der Waals surface area contributed by atoms with Gasteiger partial charge in [-0.05, 0) is 16.7 Å². The fourth-order valence-corrected chi connectivity index (χ4v) is 3.79. The number of esters is 1. The van der Waals surface area contributed by atoms with E-state index < -0.39 is 29.9 Å². The molecule has 0 fully saturated rings. The highest BCUT2D eigenvalue weighted by atomic mass is 16.5. The van der Waals surface area contributed by atoms with Crippen LogP contribution < -0.4 is 5.32 Å². The van der Waals surface area contributed by atoms with Crippen molar-refractivity contribution >= 4 is 17.7 Å². The van der Waals surface area contributed by atoms with Crippen LogP contribution in [0.1, 0.15) is 28.7 Å². The summed E-state index contributed by atoms with van der Waals surface area (Å²) in [5.41, 5.74) is 2.06. The number of rotatable bonds is 10. The van der Waals surface area contributed by atoms with E-state index in [1.54, 1.807) is 48.5 Å². The lowest BCUT2D eigenvalue weighted by Crippen LogP contribution is -2.49. The van der Waals surface area contributed by atoms with Gasteiger partial charge in [-0.15, -0.1) is 0 Å². The van der Waals surface area contributed by atoms with Gasteiger partial charge in [-0.3, -0.25) is 9.59 Å². The third-order valence-corrected chi connectivity index (χ3v) is 5.39. The van der Waals surface area contributed by atoms with Crippen LogP contribution in [0.2, 0.25) is 0 Å². The van der Waals surface area contributed by atoms with Crippen LogP contribution in [-0.2, 0) is 30.3 Å². The second kappa shape index (κ2) is 11.7. The predicted octanol–water partition coefficient (Wildman–Crippen LogP) is 3.63. The number of carbonyl (C=O) groups is 3. The third kappa shape index (κ3) is 6.14. The number of ketones is 1. The van der Waals surface area contributed by atoms with Crippen molar-refractivity contribution in [3.8, 4) is 0 Å². The summed E-state index contributed by atoms with van der Waals surface area (Å²) in [7, 11) is 2.65. The summed E-state index contributed by atoms with van der Waals surface area (Å²) >= 11 is 0. The van der Waals surface area contributed by atoms with Crippen molar-refractivity contribution in [2.45, 2.75) is 24.5 Å². The van der Waals surface area contributed by atoms with Crippen LogP contribution >= 0.6 is 0 Å². The van der Waals surface area contributed by atoms with Crippen LogP contribution in [0, 0.1) is 0 Å². The third-order valence-electron chi connectivity index (χ3n) is 5.39. The normalized spacial score (nSPS) is 13.4. The molecule has 0 spiro atoms. The Kier molecular flexibility index (Phi) is 8.49. The summed E-state index contributed by atoms with van der Waals surface area (Å²) in [6.07, 6.45) is -0.838. The van der Waals surface area contributed by atoms with Gasteiger partial charge in [0.25, 0.3) is 5.91 Å².